The molecule has 3 rings (SSSR count). The van der Waals surface area contributed by atoms with Crippen molar-refractivity contribution in [2.75, 3.05) is 53.0 Å². The summed E-state index contributed by atoms with van der Waals surface area (Å²) in [5.74, 6) is 0. The summed E-state index contributed by atoms with van der Waals surface area (Å²) < 4.78 is 11.0. The van der Waals surface area contributed by atoms with Crippen LogP contribution in [-0.2, 0) is 17.7 Å². The maximum atomic E-state index is 12.2. The van der Waals surface area contributed by atoms with E-state index in [1.54, 1.807) is 18.4 Å². The Morgan fingerprint density at radius 1 is 1.23 bits per heavy atom. The molecule has 0 saturated carbocycles. The third kappa shape index (κ3) is 5.59. The van der Waals surface area contributed by atoms with E-state index < -0.39 is 0 Å². The van der Waals surface area contributed by atoms with Gasteiger partial charge in [0.25, 0.3) is 0 Å². The highest BCUT2D eigenvalue weighted by Crippen LogP contribution is 2.33. The minimum atomic E-state index is -0.0112. The topological polar surface area (TPSA) is 54.0 Å². The Morgan fingerprint density at radius 2 is 2.08 bits per heavy atom. The summed E-state index contributed by atoms with van der Waals surface area (Å²) in [6.07, 6.45) is 6.06. The van der Waals surface area contributed by atoms with Crippen LogP contribution in [-0.4, -0.2) is 68.9 Å². The van der Waals surface area contributed by atoms with Gasteiger partial charge in [0.2, 0.25) is 0 Å². The molecule has 0 atom stereocenters. The average Bonchev–Trinajstić information content (AvgIpc) is 3.08. The lowest BCUT2D eigenvalue weighted by molar-refractivity contribution is 0.176. The van der Waals surface area contributed by atoms with Crippen molar-refractivity contribution in [3.8, 4) is 5.06 Å². The first-order valence-electron chi connectivity index (χ1n) is 9.74. The van der Waals surface area contributed by atoms with Crippen molar-refractivity contribution in [1.29, 1.82) is 0 Å². The maximum Gasteiger partial charge on any atom is 0.317 e. The Hall–Kier alpha value is -1.31. The van der Waals surface area contributed by atoms with Crippen molar-refractivity contribution in [1.82, 2.24) is 15.1 Å². The Bertz CT molecular complexity index is 572. The monoisotopic (exact) mass is 381 g/mol. The van der Waals surface area contributed by atoms with E-state index in [4.69, 9.17) is 9.47 Å². The molecule has 146 valence electrons. The number of ether oxygens (including phenoxy) is 2. The van der Waals surface area contributed by atoms with Crippen LogP contribution in [0.15, 0.2) is 6.07 Å². The summed E-state index contributed by atoms with van der Waals surface area (Å²) >= 11 is 1.74. The summed E-state index contributed by atoms with van der Waals surface area (Å²) in [7, 11) is 1.64. The molecule has 0 unspecified atom stereocenters. The molecule has 1 N–H and O–H groups in total. The summed E-state index contributed by atoms with van der Waals surface area (Å²) in [4.78, 5) is 17.9. The Labute approximate surface area is 160 Å². The minimum absolute atomic E-state index is 0.0112. The van der Waals surface area contributed by atoms with E-state index in [1.807, 2.05) is 4.90 Å². The number of carbonyl (C=O) groups is 1. The number of piperidine rings is 1. The van der Waals surface area contributed by atoms with Crippen LogP contribution < -0.4 is 10.1 Å². The van der Waals surface area contributed by atoms with Crippen molar-refractivity contribution < 1.29 is 14.3 Å². The number of likely N-dealkylation sites (tertiary alicyclic amines) is 1. The van der Waals surface area contributed by atoms with Crippen LogP contribution in [0.3, 0.4) is 0 Å². The molecule has 1 aromatic rings. The molecular weight excluding hydrogens is 350 g/mol. The van der Waals surface area contributed by atoms with Gasteiger partial charge < -0.3 is 24.6 Å². The number of amides is 2. The molecule has 2 amide bonds. The van der Waals surface area contributed by atoms with Crippen molar-refractivity contribution in [3.05, 3.63) is 16.5 Å². The van der Waals surface area contributed by atoms with Crippen LogP contribution >= 0.6 is 11.3 Å². The van der Waals surface area contributed by atoms with Gasteiger partial charge in [0.15, 0.2) is 5.06 Å². The lowest BCUT2D eigenvalue weighted by Crippen LogP contribution is -2.43. The minimum Gasteiger partial charge on any atom is -0.484 e. The van der Waals surface area contributed by atoms with Gasteiger partial charge in [0.1, 0.15) is 0 Å². The molecule has 3 heterocycles. The van der Waals surface area contributed by atoms with Gasteiger partial charge in [-0.25, -0.2) is 4.79 Å². The first-order valence-corrected chi connectivity index (χ1v) is 10.6. The first-order chi connectivity index (χ1) is 12.8. The smallest absolute Gasteiger partial charge is 0.317 e. The van der Waals surface area contributed by atoms with Gasteiger partial charge in [-0.15, -0.1) is 11.3 Å². The second-order valence-electron chi connectivity index (χ2n) is 7.01. The third-order valence-electron chi connectivity index (χ3n) is 5.03. The molecule has 0 spiro atoms. The van der Waals surface area contributed by atoms with Gasteiger partial charge in [0.05, 0.1) is 13.2 Å². The zero-order chi connectivity index (χ0) is 18.2. The van der Waals surface area contributed by atoms with E-state index in [0.717, 1.165) is 37.6 Å². The van der Waals surface area contributed by atoms with Gasteiger partial charge in [-0.2, -0.15) is 0 Å². The molecule has 0 radical (unpaired) electrons. The zero-order valence-electron chi connectivity index (χ0n) is 15.8. The summed E-state index contributed by atoms with van der Waals surface area (Å²) in [5.41, 5.74) is 1.23. The SMILES string of the molecule is COCCNC(=O)N1CCc2sc(OCCCN3CCCCC3)cc2C1. The van der Waals surface area contributed by atoms with Crippen molar-refractivity contribution in [2.24, 2.45) is 0 Å². The number of hydrogen-bond acceptors (Lipinski definition) is 5. The number of methoxy groups -OCH3 is 1. The number of hydrogen-bond donors (Lipinski definition) is 1. The van der Waals surface area contributed by atoms with Gasteiger partial charge in [-0.1, -0.05) is 6.42 Å². The van der Waals surface area contributed by atoms with Crippen LogP contribution in [0.4, 0.5) is 4.79 Å². The third-order valence-corrected chi connectivity index (χ3v) is 6.17. The van der Waals surface area contributed by atoms with E-state index in [-0.39, 0.29) is 6.03 Å². The summed E-state index contributed by atoms with van der Waals surface area (Å²) in [5, 5.41) is 3.89. The van der Waals surface area contributed by atoms with Crippen LogP contribution in [0, 0.1) is 0 Å². The Morgan fingerprint density at radius 3 is 2.88 bits per heavy atom. The average molecular weight is 382 g/mol. The lowest BCUT2D eigenvalue weighted by Gasteiger charge is -2.26. The summed E-state index contributed by atoms with van der Waals surface area (Å²) in [6.45, 7) is 6.93. The lowest BCUT2D eigenvalue weighted by atomic mass is 10.1. The number of nitrogens with zero attached hydrogens (tertiary/aromatic N) is 2. The molecule has 6 nitrogen and oxygen atoms in total. The van der Waals surface area contributed by atoms with Gasteiger partial charge >= 0.3 is 6.03 Å². The highest BCUT2D eigenvalue weighted by molar-refractivity contribution is 7.14. The number of nitrogens with one attached hydrogen (secondary N) is 1. The van der Waals surface area contributed by atoms with E-state index in [2.05, 4.69) is 16.3 Å². The van der Waals surface area contributed by atoms with E-state index >= 15 is 0 Å². The largest absolute Gasteiger partial charge is 0.484 e. The highest BCUT2D eigenvalue weighted by atomic mass is 32.1. The van der Waals surface area contributed by atoms with Crippen molar-refractivity contribution in [2.45, 2.75) is 38.6 Å². The van der Waals surface area contributed by atoms with Crippen molar-refractivity contribution >= 4 is 17.4 Å². The predicted octanol–water partition coefficient (Wildman–Crippen LogP) is 2.72. The van der Waals surface area contributed by atoms with E-state index in [0.29, 0.717) is 19.7 Å². The number of rotatable bonds is 8. The molecule has 2 aliphatic rings. The molecule has 1 saturated heterocycles. The van der Waals surface area contributed by atoms with E-state index in [9.17, 15) is 4.79 Å². The fourth-order valence-corrected chi connectivity index (χ4v) is 4.60. The molecule has 1 fully saturated rings. The number of thiophene rings is 1. The standard InChI is InChI=1S/C19H31N3O3S/c1-24-13-7-20-19(23)22-11-6-17-16(15-22)14-18(26-17)25-12-5-10-21-8-3-2-4-9-21/h14H,2-13,15H2,1H3,(H,20,23). The maximum absolute atomic E-state index is 12.2. The van der Waals surface area contributed by atoms with Gasteiger partial charge in [-0.05, 0) is 50.4 Å². The Kier molecular flexibility index (Phi) is 7.58. The van der Waals surface area contributed by atoms with E-state index in [1.165, 1.54) is 42.8 Å². The number of urea groups is 1. The van der Waals surface area contributed by atoms with Crippen LogP contribution in [0.25, 0.3) is 0 Å². The molecule has 2 aliphatic heterocycles. The quantitative estimate of drug-likeness (QED) is 0.704. The fourth-order valence-electron chi connectivity index (χ4n) is 3.57. The molecule has 26 heavy (non-hydrogen) atoms. The molecular formula is C19H31N3O3S. The van der Waals surface area contributed by atoms with Gasteiger partial charge in [0, 0.05) is 38.2 Å². The van der Waals surface area contributed by atoms with Gasteiger partial charge in [-0.3, -0.25) is 0 Å². The van der Waals surface area contributed by atoms with Crippen molar-refractivity contribution in [3.63, 3.8) is 0 Å². The fraction of sp³-hybridized carbons (Fsp3) is 0.737. The second kappa shape index (κ2) is 10.1. The number of fused-ring (bicyclic) bond motifs is 1. The number of carbonyl (C=O) groups excluding carboxylic acids is 1. The second-order valence-corrected chi connectivity index (χ2v) is 8.11. The van der Waals surface area contributed by atoms with Crippen LogP contribution in [0.5, 0.6) is 5.06 Å². The van der Waals surface area contributed by atoms with Crippen LogP contribution in [0.2, 0.25) is 0 Å². The predicted molar refractivity (Wildman–Crippen MR) is 104 cm³/mol. The van der Waals surface area contributed by atoms with Crippen LogP contribution in [0.1, 0.15) is 36.1 Å². The summed E-state index contributed by atoms with van der Waals surface area (Å²) in [6, 6.07) is 2.11. The molecule has 1 aromatic heterocycles. The zero-order valence-corrected chi connectivity index (χ0v) is 16.6. The molecule has 0 bridgehead atoms. The molecule has 0 aromatic carbocycles. The first kappa shape index (κ1) is 19.5. The molecule has 7 heteroatoms. The molecule has 0 aliphatic carbocycles. The Balaban J connectivity index is 1.40. The normalized spacial score (nSPS) is 17.8. The highest BCUT2D eigenvalue weighted by Gasteiger charge is 2.23.